The molecule has 5 rings (SSSR count). The Morgan fingerprint density at radius 2 is 1.60 bits per heavy atom. The van der Waals surface area contributed by atoms with Crippen LogP contribution in [0.3, 0.4) is 0 Å². The van der Waals surface area contributed by atoms with Crippen LogP contribution >= 0.6 is 0 Å². The van der Waals surface area contributed by atoms with Gasteiger partial charge in [-0.25, -0.2) is 17.5 Å². The number of sulfonamides is 1. The second-order valence-electron chi connectivity index (χ2n) is 17.5. The molecule has 4 N–H and O–H groups in total. The van der Waals surface area contributed by atoms with Gasteiger partial charge < -0.3 is 26.2 Å². The van der Waals surface area contributed by atoms with Gasteiger partial charge in [0.2, 0.25) is 27.6 Å². The van der Waals surface area contributed by atoms with Crippen molar-refractivity contribution in [3.05, 3.63) is 0 Å². The summed E-state index contributed by atoms with van der Waals surface area (Å²) < 4.78 is 27.6. The van der Waals surface area contributed by atoms with Gasteiger partial charge in [0.1, 0.15) is 12.1 Å². The maximum absolute atomic E-state index is 14.5. The van der Waals surface area contributed by atoms with Crippen molar-refractivity contribution in [1.82, 2.24) is 30.5 Å². The smallest absolute Gasteiger partial charge is 0.315 e. The predicted octanol–water partition coefficient (Wildman–Crippen LogP) is 2.69. The SMILES string of the molecule is CCN(C)S(=O)(=O)CC1(NC(=O)NC(C(=O)N2CC3C(C2C(=O)NC(CCC2CC2)C(=O)C(=O)NC2CC2)C3(C)C)C(C)(C)C)CCCCC1. The molecule has 14 heteroatoms. The topological polar surface area (TPSA) is 174 Å². The Hall–Kier alpha value is -2.74. The molecule has 13 nitrogen and oxygen atoms in total. The molecule has 0 spiro atoms. The lowest BCUT2D eigenvalue weighted by Crippen LogP contribution is -2.64. The van der Waals surface area contributed by atoms with E-state index in [1.807, 2.05) is 20.8 Å². The first kappa shape index (κ1) is 38.5. The number of amides is 5. The van der Waals surface area contributed by atoms with Crippen molar-refractivity contribution in [3.8, 4) is 0 Å². The van der Waals surface area contributed by atoms with E-state index in [9.17, 15) is 32.4 Å². The number of carbonyl (C=O) groups excluding carboxylic acids is 5. The quantitative estimate of drug-likeness (QED) is 0.188. The summed E-state index contributed by atoms with van der Waals surface area (Å²) in [4.78, 5) is 70.1. The zero-order valence-electron chi connectivity index (χ0n) is 31.1. The second-order valence-corrected chi connectivity index (χ2v) is 19.6. The van der Waals surface area contributed by atoms with E-state index in [1.54, 1.807) is 11.8 Å². The molecule has 5 aliphatic rings. The third kappa shape index (κ3) is 8.65. The van der Waals surface area contributed by atoms with Crippen molar-refractivity contribution in [2.75, 3.05) is 25.9 Å². The van der Waals surface area contributed by atoms with E-state index >= 15 is 0 Å². The summed E-state index contributed by atoms with van der Waals surface area (Å²) in [6.07, 6.45) is 8.47. The lowest BCUT2D eigenvalue weighted by atomic mass is 9.83. The van der Waals surface area contributed by atoms with E-state index in [4.69, 9.17) is 0 Å². The second kappa shape index (κ2) is 14.4. The summed E-state index contributed by atoms with van der Waals surface area (Å²) in [5, 5.41) is 11.5. The molecule has 0 aromatic rings. The summed E-state index contributed by atoms with van der Waals surface area (Å²) in [5.74, 6) is -1.97. The molecule has 5 fully saturated rings. The first-order valence-electron chi connectivity index (χ1n) is 18.8. The van der Waals surface area contributed by atoms with Crippen LogP contribution in [-0.4, -0.2) is 103 Å². The third-order valence-electron chi connectivity index (χ3n) is 12.0. The van der Waals surface area contributed by atoms with Crippen LogP contribution < -0.4 is 21.3 Å². The summed E-state index contributed by atoms with van der Waals surface area (Å²) in [7, 11) is -2.11. The number of urea groups is 1. The molecule has 282 valence electrons. The third-order valence-corrected chi connectivity index (χ3v) is 14.2. The van der Waals surface area contributed by atoms with Crippen LogP contribution in [0.25, 0.3) is 0 Å². The molecule has 1 saturated heterocycles. The van der Waals surface area contributed by atoms with Gasteiger partial charge >= 0.3 is 6.03 Å². The fourth-order valence-electron chi connectivity index (χ4n) is 8.20. The number of hydrogen-bond acceptors (Lipinski definition) is 7. The van der Waals surface area contributed by atoms with E-state index in [2.05, 4.69) is 35.1 Å². The molecule has 4 aliphatic carbocycles. The molecular weight excluding hydrogens is 660 g/mol. The van der Waals surface area contributed by atoms with Crippen molar-refractivity contribution in [2.24, 2.45) is 28.6 Å². The first-order valence-corrected chi connectivity index (χ1v) is 20.4. The van der Waals surface area contributed by atoms with E-state index in [1.165, 1.54) is 11.4 Å². The highest BCUT2D eigenvalue weighted by Gasteiger charge is 2.70. The van der Waals surface area contributed by atoms with Crippen molar-refractivity contribution >= 4 is 39.6 Å². The minimum absolute atomic E-state index is 0.0105. The van der Waals surface area contributed by atoms with Gasteiger partial charge in [0, 0.05) is 26.2 Å². The van der Waals surface area contributed by atoms with Crippen molar-refractivity contribution < 1.29 is 32.4 Å². The van der Waals surface area contributed by atoms with Crippen LogP contribution in [-0.2, 0) is 29.2 Å². The monoisotopic (exact) mass is 720 g/mol. The molecular formula is C36H60N6O7S. The van der Waals surface area contributed by atoms with Gasteiger partial charge in [0.15, 0.2) is 0 Å². The van der Waals surface area contributed by atoms with Crippen LogP contribution in [0.1, 0.15) is 112 Å². The molecule has 0 aromatic heterocycles. The van der Waals surface area contributed by atoms with E-state index in [-0.39, 0.29) is 29.0 Å². The maximum Gasteiger partial charge on any atom is 0.315 e. The van der Waals surface area contributed by atoms with Crippen LogP contribution in [0.2, 0.25) is 0 Å². The number of rotatable bonds is 15. The molecule has 50 heavy (non-hydrogen) atoms. The van der Waals surface area contributed by atoms with Gasteiger partial charge in [-0.1, -0.05) is 73.6 Å². The van der Waals surface area contributed by atoms with Crippen LogP contribution in [0, 0.1) is 28.6 Å². The number of carbonyl (C=O) groups is 5. The average Bonchev–Trinajstić information content (AvgIpc) is 3.99. The van der Waals surface area contributed by atoms with Gasteiger partial charge in [0.05, 0.1) is 17.3 Å². The number of fused-ring (bicyclic) bond motifs is 1. The Labute approximate surface area is 298 Å². The fraction of sp³-hybridized carbons (Fsp3) is 0.861. The number of piperidine rings is 1. The number of hydrogen-bond donors (Lipinski definition) is 4. The number of ketones is 1. The summed E-state index contributed by atoms with van der Waals surface area (Å²) in [6.45, 7) is 12.1. The Balaban J connectivity index is 1.33. The maximum atomic E-state index is 14.5. The minimum atomic E-state index is -3.64. The highest BCUT2D eigenvalue weighted by Crippen LogP contribution is 2.65. The molecule has 0 radical (unpaired) electrons. The van der Waals surface area contributed by atoms with Gasteiger partial charge in [-0.2, -0.15) is 0 Å². The van der Waals surface area contributed by atoms with Gasteiger partial charge in [-0.15, -0.1) is 0 Å². The standard InChI is InChI=1S/C36H60N6O7S/c1-8-41(7)50(48,49)21-36(18-10-9-11-19-36)40-33(47)39-29(34(2,3)4)32(46)42-20-24-26(35(24,5)6)27(42)30(44)38-25(17-14-22-12-13-22)28(43)31(45)37-23-15-16-23/h22-27,29H,8-21H2,1-7H3,(H,37,45)(H,38,44)(H2,39,40,47). The number of nitrogens with zero attached hydrogens (tertiary/aromatic N) is 2. The minimum Gasteiger partial charge on any atom is -0.347 e. The Morgan fingerprint density at radius 1 is 0.960 bits per heavy atom. The van der Waals surface area contributed by atoms with Crippen LogP contribution in [0.15, 0.2) is 0 Å². The Bertz CT molecular complexity index is 1440. The van der Waals surface area contributed by atoms with E-state index in [0.717, 1.165) is 51.4 Å². The van der Waals surface area contributed by atoms with Crippen molar-refractivity contribution in [3.63, 3.8) is 0 Å². The predicted molar refractivity (Wildman–Crippen MR) is 189 cm³/mol. The largest absolute Gasteiger partial charge is 0.347 e. The molecule has 1 aliphatic heterocycles. The highest BCUT2D eigenvalue weighted by atomic mass is 32.2. The first-order chi connectivity index (χ1) is 23.3. The Kier molecular flexibility index (Phi) is 11.0. The lowest BCUT2D eigenvalue weighted by Gasteiger charge is -2.41. The van der Waals surface area contributed by atoms with Gasteiger partial charge in [0.25, 0.3) is 5.91 Å². The summed E-state index contributed by atoms with van der Waals surface area (Å²) in [5.41, 5.74) is -1.91. The number of Topliss-reactive ketones (excluding diaryl/α,β-unsaturated/α-hetero) is 1. The molecule has 0 bridgehead atoms. The lowest BCUT2D eigenvalue weighted by molar-refractivity contribution is -0.145. The van der Waals surface area contributed by atoms with Gasteiger partial charge in [-0.3, -0.25) is 19.2 Å². The molecule has 1 heterocycles. The van der Waals surface area contributed by atoms with E-state index < -0.39 is 68.6 Å². The number of nitrogens with one attached hydrogen (secondary N) is 4. The molecule has 4 saturated carbocycles. The highest BCUT2D eigenvalue weighted by molar-refractivity contribution is 7.89. The average molecular weight is 721 g/mol. The molecule has 5 atom stereocenters. The summed E-state index contributed by atoms with van der Waals surface area (Å²) in [6, 6.07) is -3.47. The van der Waals surface area contributed by atoms with E-state index in [0.29, 0.717) is 38.3 Å². The van der Waals surface area contributed by atoms with Crippen molar-refractivity contribution in [1.29, 1.82) is 0 Å². The zero-order valence-corrected chi connectivity index (χ0v) is 31.9. The molecule has 5 unspecified atom stereocenters. The number of likely N-dealkylation sites (tertiary alicyclic amines) is 1. The normalized spacial score (nSPS) is 26.7. The van der Waals surface area contributed by atoms with Gasteiger partial charge in [-0.05, 0) is 67.1 Å². The zero-order chi connectivity index (χ0) is 36.8. The van der Waals surface area contributed by atoms with Crippen molar-refractivity contribution in [2.45, 2.75) is 142 Å². The van der Waals surface area contributed by atoms with Crippen LogP contribution in [0.5, 0.6) is 0 Å². The molecule has 5 amide bonds. The molecule has 0 aromatic carbocycles. The van der Waals surface area contributed by atoms with Crippen LogP contribution in [0.4, 0.5) is 4.79 Å². The summed E-state index contributed by atoms with van der Waals surface area (Å²) >= 11 is 0. The fourth-order valence-corrected chi connectivity index (χ4v) is 9.88. The Morgan fingerprint density at radius 3 is 2.16 bits per heavy atom.